The first-order chi connectivity index (χ1) is 9.98. The standard InChI is InChI=1S/C16H19NO3S/c1-12-4-3-5-13(10-12)16(11-17)21(18,19)15-8-6-14(20-2)7-9-15/h3-10,16H,11,17H2,1-2H3/p+1/t16-/m1/s1. The van der Waals surface area contributed by atoms with Gasteiger partial charge in [0.15, 0.2) is 9.84 Å². The molecule has 0 spiro atoms. The molecule has 0 saturated carbocycles. The highest BCUT2D eigenvalue weighted by atomic mass is 32.2. The van der Waals surface area contributed by atoms with Crippen LogP contribution in [-0.4, -0.2) is 22.1 Å². The van der Waals surface area contributed by atoms with E-state index in [9.17, 15) is 8.42 Å². The second-order valence-corrected chi connectivity index (χ2v) is 7.04. The number of quaternary nitrogens is 1. The summed E-state index contributed by atoms with van der Waals surface area (Å²) >= 11 is 0. The minimum atomic E-state index is -3.46. The summed E-state index contributed by atoms with van der Waals surface area (Å²) in [4.78, 5) is 0.290. The van der Waals surface area contributed by atoms with Crippen molar-refractivity contribution in [1.82, 2.24) is 0 Å². The van der Waals surface area contributed by atoms with Crippen LogP contribution >= 0.6 is 0 Å². The van der Waals surface area contributed by atoms with Crippen LogP contribution in [0.5, 0.6) is 5.75 Å². The quantitative estimate of drug-likeness (QED) is 0.915. The average Bonchev–Trinajstić information content (AvgIpc) is 2.48. The van der Waals surface area contributed by atoms with Gasteiger partial charge in [-0.1, -0.05) is 29.8 Å². The zero-order valence-electron chi connectivity index (χ0n) is 12.2. The third-order valence-electron chi connectivity index (χ3n) is 3.44. The smallest absolute Gasteiger partial charge is 0.190 e. The van der Waals surface area contributed by atoms with Crippen molar-refractivity contribution in [2.45, 2.75) is 17.1 Å². The molecule has 2 rings (SSSR count). The molecule has 2 aromatic rings. The van der Waals surface area contributed by atoms with E-state index < -0.39 is 15.1 Å². The third-order valence-corrected chi connectivity index (χ3v) is 5.62. The number of methoxy groups -OCH3 is 1. The SMILES string of the molecule is COc1ccc(S(=O)(=O)[C@H](C[NH3+])c2cccc(C)c2)cc1. The molecule has 0 aliphatic rings. The molecule has 0 aliphatic carbocycles. The molecule has 0 heterocycles. The summed E-state index contributed by atoms with van der Waals surface area (Å²) in [5, 5.41) is -0.634. The lowest BCUT2D eigenvalue weighted by Crippen LogP contribution is -2.54. The Morgan fingerprint density at radius 2 is 1.81 bits per heavy atom. The zero-order chi connectivity index (χ0) is 15.5. The van der Waals surface area contributed by atoms with Gasteiger partial charge in [0.25, 0.3) is 0 Å². The van der Waals surface area contributed by atoms with Crippen molar-refractivity contribution >= 4 is 9.84 Å². The van der Waals surface area contributed by atoms with Crippen LogP contribution in [0.1, 0.15) is 16.4 Å². The van der Waals surface area contributed by atoms with Gasteiger partial charge in [-0.3, -0.25) is 0 Å². The number of hydrogen-bond acceptors (Lipinski definition) is 3. The molecule has 1 atom stereocenters. The number of ether oxygens (including phenoxy) is 1. The van der Waals surface area contributed by atoms with Crippen LogP contribution in [0.15, 0.2) is 53.4 Å². The van der Waals surface area contributed by atoms with Crippen molar-refractivity contribution in [3.05, 3.63) is 59.7 Å². The monoisotopic (exact) mass is 306 g/mol. The van der Waals surface area contributed by atoms with Crippen LogP contribution in [0.4, 0.5) is 0 Å². The van der Waals surface area contributed by atoms with Gasteiger partial charge in [0.1, 0.15) is 11.0 Å². The Kier molecular flexibility index (Phi) is 4.65. The highest BCUT2D eigenvalue weighted by Gasteiger charge is 2.29. The van der Waals surface area contributed by atoms with Gasteiger partial charge < -0.3 is 10.5 Å². The molecule has 0 bridgehead atoms. The Labute approximate surface area is 125 Å². The molecule has 0 unspecified atom stereocenters. The molecule has 112 valence electrons. The number of sulfone groups is 1. The Hall–Kier alpha value is -1.85. The highest BCUT2D eigenvalue weighted by molar-refractivity contribution is 7.91. The van der Waals surface area contributed by atoms with Crippen LogP contribution in [0.3, 0.4) is 0 Å². The highest BCUT2D eigenvalue weighted by Crippen LogP contribution is 2.29. The molecule has 2 aromatic carbocycles. The number of hydrogen-bond donors (Lipinski definition) is 1. The van der Waals surface area contributed by atoms with Crippen molar-refractivity contribution in [3.63, 3.8) is 0 Å². The molecule has 4 nitrogen and oxygen atoms in total. The number of aryl methyl sites for hydroxylation is 1. The second kappa shape index (κ2) is 6.28. The van der Waals surface area contributed by atoms with E-state index >= 15 is 0 Å². The van der Waals surface area contributed by atoms with Crippen molar-refractivity contribution < 1.29 is 18.9 Å². The van der Waals surface area contributed by atoms with Gasteiger partial charge in [0.05, 0.1) is 18.6 Å². The molecule has 0 fully saturated rings. The Morgan fingerprint density at radius 1 is 1.14 bits per heavy atom. The lowest BCUT2D eigenvalue weighted by atomic mass is 10.1. The van der Waals surface area contributed by atoms with Crippen LogP contribution < -0.4 is 10.5 Å². The van der Waals surface area contributed by atoms with E-state index in [4.69, 9.17) is 4.74 Å². The first-order valence-electron chi connectivity index (χ1n) is 6.73. The Balaban J connectivity index is 2.44. The summed E-state index contributed by atoms with van der Waals surface area (Å²) in [7, 11) is -1.91. The first kappa shape index (κ1) is 15.5. The fourth-order valence-electron chi connectivity index (χ4n) is 2.30. The van der Waals surface area contributed by atoms with Gasteiger partial charge >= 0.3 is 0 Å². The van der Waals surface area contributed by atoms with Gasteiger partial charge in [0.2, 0.25) is 0 Å². The van der Waals surface area contributed by atoms with E-state index in [0.29, 0.717) is 10.6 Å². The molecule has 21 heavy (non-hydrogen) atoms. The summed E-state index contributed by atoms with van der Waals surface area (Å²) in [6.45, 7) is 2.24. The molecular weight excluding hydrogens is 286 g/mol. The maximum absolute atomic E-state index is 12.8. The number of benzene rings is 2. The maximum atomic E-state index is 12.8. The van der Waals surface area contributed by atoms with E-state index in [1.165, 1.54) is 0 Å². The Bertz CT molecular complexity index is 709. The first-order valence-corrected chi connectivity index (χ1v) is 8.27. The van der Waals surface area contributed by atoms with E-state index in [0.717, 1.165) is 11.1 Å². The van der Waals surface area contributed by atoms with Crippen LogP contribution in [0, 0.1) is 6.92 Å². The minimum Gasteiger partial charge on any atom is -0.497 e. The fraction of sp³-hybridized carbons (Fsp3) is 0.250. The molecule has 3 N–H and O–H groups in total. The van der Waals surface area contributed by atoms with Gasteiger partial charge in [-0.25, -0.2) is 8.42 Å². The molecular formula is C16H20NO3S+. The lowest BCUT2D eigenvalue weighted by Gasteiger charge is -2.15. The normalized spacial score (nSPS) is 12.9. The second-order valence-electron chi connectivity index (χ2n) is 4.91. The molecule has 0 aromatic heterocycles. The van der Waals surface area contributed by atoms with Gasteiger partial charge in [-0.15, -0.1) is 0 Å². The average molecular weight is 306 g/mol. The topological polar surface area (TPSA) is 71.0 Å². The van der Waals surface area contributed by atoms with E-state index in [-0.39, 0.29) is 6.54 Å². The van der Waals surface area contributed by atoms with Gasteiger partial charge in [-0.05, 0) is 36.8 Å². The molecule has 0 radical (unpaired) electrons. The van der Waals surface area contributed by atoms with Crippen LogP contribution in [-0.2, 0) is 9.84 Å². The molecule has 5 heteroatoms. The van der Waals surface area contributed by atoms with Crippen LogP contribution in [0.2, 0.25) is 0 Å². The fourth-order valence-corrected chi connectivity index (χ4v) is 3.96. The summed E-state index contributed by atoms with van der Waals surface area (Å²) in [5.41, 5.74) is 5.63. The predicted molar refractivity (Wildman–Crippen MR) is 81.9 cm³/mol. The minimum absolute atomic E-state index is 0.289. The molecule has 0 saturated heterocycles. The maximum Gasteiger partial charge on any atom is 0.190 e. The molecule has 0 aliphatic heterocycles. The summed E-state index contributed by atoms with van der Waals surface area (Å²) in [6.07, 6.45) is 0. The Morgan fingerprint density at radius 3 is 2.33 bits per heavy atom. The predicted octanol–water partition coefficient (Wildman–Crippen LogP) is 1.76. The summed E-state index contributed by atoms with van der Waals surface area (Å²) < 4.78 is 30.6. The van der Waals surface area contributed by atoms with Gasteiger partial charge in [0, 0.05) is 0 Å². The third kappa shape index (κ3) is 3.25. The van der Waals surface area contributed by atoms with Crippen molar-refractivity contribution in [2.75, 3.05) is 13.7 Å². The summed E-state index contributed by atoms with van der Waals surface area (Å²) in [5.74, 6) is 0.635. The summed E-state index contributed by atoms with van der Waals surface area (Å²) in [6, 6.07) is 14.0. The van der Waals surface area contributed by atoms with Crippen molar-refractivity contribution in [3.8, 4) is 5.75 Å². The number of rotatable bonds is 5. The lowest BCUT2D eigenvalue weighted by molar-refractivity contribution is -0.367. The van der Waals surface area contributed by atoms with Crippen molar-refractivity contribution in [2.24, 2.45) is 0 Å². The van der Waals surface area contributed by atoms with E-state index in [2.05, 4.69) is 5.73 Å². The van der Waals surface area contributed by atoms with Crippen LogP contribution in [0.25, 0.3) is 0 Å². The van der Waals surface area contributed by atoms with Crippen molar-refractivity contribution in [1.29, 1.82) is 0 Å². The van der Waals surface area contributed by atoms with Gasteiger partial charge in [-0.2, -0.15) is 0 Å². The van der Waals surface area contributed by atoms with E-state index in [1.807, 2.05) is 31.2 Å². The molecule has 0 amide bonds. The van der Waals surface area contributed by atoms with E-state index in [1.54, 1.807) is 31.4 Å². The largest absolute Gasteiger partial charge is 0.497 e. The zero-order valence-corrected chi connectivity index (χ0v) is 13.1.